The van der Waals surface area contributed by atoms with Crippen molar-refractivity contribution in [2.24, 2.45) is 0 Å². The molecule has 5 nitrogen and oxygen atoms in total. The minimum absolute atomic E-state index is 0.0674. The first-order chi connectivity index (χ1) is 10.5. The highest BCUT2D eigenvalue weighted by Crippen LogP contribution is 2.20. The van der Waals surface area contributed by atoms with Crippen molar-refractivity contribution >= 4 is 11.9 Å². The third kappa shape index (κ3) is 3.90. The second kappa shape index (κ2) is 7.47. The molecule has 122 valence electrons. The molecule has 1 aromatic rings. The van der Waals surface area contributed by atoms with Crippen LogP contribution in [0.25, 0.3) is 0 Å². The lowest BCUT2D eigenvalue weighted by Gasteiger charge is -2.17. The molecule has 0 bridgehead atoms. The van der Waals surface area contributed by atoms with Crippen LogP contribution in [0.2, 0.25) is 0 Å². The summed E-state index contributed by atoms with van der Waals surface area (Å²) in [6.07, 6.45) is 8.83. The minimum atomic E-state index is -0.957. The van der Waals surface area contributed by atoms with Gasteiger partial charge in [0, 0.05) is 24.5 Å². The van der Waals surface area contributed by atoms with E-state index in [9.17, 15) is 14.7 Å². The molecule has 0 aliphatic heterocycles. The SMILES string of the molecule is CCn1cc(C)c(C(=O)O)c1CC(=O)NC1CCCCCC1. The zero-order valence-electron chi connectivity index (χ0n) is 13.5. The van der Waals surface area contributed by atoms with Gasteiger partial charge in [-0.15, -0.1) is 0 Å². The Hall–Kier alpha value is -1.78. The number of carbonyl (C=O) groups is 2. The number of carboxylic acids is 1. The number of rotatable bonds is 5. The van der Waals surface area contributed by atoms with Gasteiger partial charge < -0.3 is 15.0 Å². The Labute approximate surface area is 131 Å². The van der Waals surface area contributed by atoms with E-state index in [0.717, 1.165) is 25.7 Å². The van der Waals surface area contributed by atoms with Gasteiger partial charge in [-0.1, -0.05) is 25.7 Å². The van der Waals surface area contributed by atoms with Crippen molar-refractivity contribution in [3.63, 3.8) is 0 Å². The van der Waals surface area contributed by atoms with Crippen molar-refractivity contribution in [3.05, 3.63) is 23.0 Å². The highest BCUT2D eigenvalue weighted by molar-refractivity contribution is 5.93. The first-order valence-electron chi connectivity index (χ1n) is 8.24. The normalized spacial score (nSPS) is 16.3. The fourth-order valence-electron chi connectivity index (χ4n) is 3.37. The number of aromatic carboxylic acids is 1. The highest BCUT2D eigenvalue weighted by atomic mass is 16.4. The van der Waals surface area contributed by atoms with Crippen LogP contribution in [-0.2, 0) is 17.8 Å². The van der Waals surface area contributed by atoms with Gasteiger partial charge in [0.1, 0.15) is 0 Å². The van der Waals surface area contributed by atoms with Crippen molar-refractivity contribution in [3.8, 4) is 0 Å². The Morgan fingerprint density at radius 1 is 1.27 bits per heavy atom. The molecule has 0 saturated heterocycles. The number of hydrogen-bond donors (Lipinski definition) is 2. The van der Waals surface area contributed by atoms with Gasteiger partial charge in [-0.3, -0.25) is 4.79 Å². The van der Waals surface area contributed by atoms with Crippen molar-refractivity contribution in [2.75, 3.05) is 0 Å². The third-order valence-electron chi connectivity index (χ3n) is 4.48. The van der Waals surface area contributed by atoms with E-state index in [4.69, 9.17) is 0 Å². The van der Waals surface area contributed by atoms with Crippen LogP contribution in [0.4, 0.5) is 0 Å². The van der Waals surface area contributed by atoms with E-state index < -0.39 is 5.97 Å². The molecule has 22 heavy (non-hydrogen) atoms. The van der Waals surface area contributed by atoms with Gasteiger partial charge in [0.05, 0.1) is 12.0 Å². The molecule has 2 N–H and O–H groups in total. The summed E-state index contributed by atoms with van der Waals surface area (Å²) in [5.74, 6) is -1.02. The van der Waals surface area contributed by atoms with Gasteiger partial charge in [0.15, 0.2) is 0 Å². The lowest BCUT2D eigenvalue weighted by Crippen LogP contribution is -2.36. The fourth-order valence-corrected chi connectivity index (χ4v) is 3.37. The van der Waals surface area contributed by atoms with Crippen LogP contribution in [0.3, 0.4) is 0 Å². The molecule has 5 heteroatoms. The second-order valence-corrected chi connectivity index (χ2v) is 6.16. The molecular formula is C17H26N2O3. The summed E-state index contributed by atoms with van der Waals surface area (Å²) in [5, 5.41) is 12.5. The fraction of sp³-hybridized carbons (Fsp3) is 0.647. The van der Waals surface area contributed by atoms with Crippen LogP contribution >= 0.6 is 0 Å². The zero-order valence-corrected chi connectivity index (χ0v) is 13.5. The van der Waals surface area contributed by atoms with Crippen molar-refractivity contribution < 1.29 is 14.7 Å². The molecule has 0 atom stereocenters. The van der Waals surface area contributed by atoms with Gasteiger partial charge in [0.25, 0.3) is 0 Å². The second-order valence-electron chi connectivity index (χ2n) is 6.16. The molecule has 2 rings (SSSR count). The Morgan fingerprint density at radius 2 is 1.91 bits per heavy atom. The molecule has 0 unspecified atom stereocenters. The van der Waals surface area contributed by atoms with E-state index >= 15 is 0 Å². The van der Waals surface area contributed by atoms with E-state index in [2.05, 4.69) is 5.32 Å². The van der Waals surface area contributed by atoms with Gasteiger partial charge in [-0.2, -0.15) is 0 Å². The first kappa shape index (κ1) is 16.6. The topological polar surface area (TPSA) is 71.3 Å². The van der Waals surface area contributed by atoms with Crippen LogP contribution < -0.4 is 5.32 Å². The number of amides is 1. The summed E-state index contributed by atoms with van der Waals surface area (Å²) < 4.78 is 1.87. The Morgan fingerprint density at radius 3 is 2.45 bits per heavy atom. The maximum Gasteiger partial charge on any atom is 0.337 e. The van der Waals surface area contributed by atoms with Crippen molar-refractivity contribution in [1.29, 1.82) is 0 Å². The van der Waals surface area contributed by atoms with Gasteiger partial charge in [0.2, 0.25) is 5.91 Å². The third-order valence-corrected chi connectivity index (χ3v) is 4.48. The maximum absolute atomic E-state index is 12.3. The van der Waals surface area contributed by atoms with E-state index in [1.807, 2.05) is 17.7 Å². The monoisotopic (exact) mass is 306 g/mol. The number of hydrogen-bond acceptors (Lipinski definition) is 2. The maximum atomic E-state index is 12.3. The Bertz CT molecular complexity index is 540. The lowest BCUT2D eigenvalue weighted by atomic mass is 10.1. The predicted octanol–water partition coefficient (Wildman–Crippen LogP) is 2.90. The molecule has 1 saturated carbocycles. The molecule has 1 amide bonds. The van der Waals surface area contributed by atoms with Gasteiger partial charge in [-0.25, -0.2) is 4.79 Å². The van der Waals surface area contributed by atoms with Crippen LogP contribution in [-0.4, -0.2) is 27.6 Å². The van der Waals surface area contributed by atoms with Crippen molar-refractivity contribution in [1.82, 2.24) is 9.88 Å². The van der Waals surface area contributed by atoms with Crippen LogP contribution in [0.15, 0.2) is 6.20 Å². The summed E-state index contributed by atoms with van der Waals surface area (Å²) in [6, 6.07) is 0.245. The molecule has 1 aliphatic rings. The van der Waals surface area contributed by atoms with Crippen molar-refractivity contribution in [2.45, 2.75) is 71.4 Å². The number of aromatic nitrogens is 1. The van der Waals surface area contributed by atoms with E-state index in [1.54, 1.807) is 6.92 Å². The quantitative estimate of drug-likeness (QED) is 0.822. The number of carbonyl (C=O) groups excluding carboxylic acids is 1. The molecule has 0 spiro atoms. The van der Waals surface area contributed by atoms with E-state index in [-0.39, 0.29) is 23.9 Å². The smallest absolute Gasteiger partial charge is 0.337 e. The first-order valence-corrected chi connectivity index (χ1v) is 8.24. The largest absolute Gasteiger partial charge is 0.478 e. The van der Waals surface area contributed by atoms with E-state index in [1.165, 1.54) is 12.8 Å². The number of aryl methyl sites for hydroxylation is 2. The molecular weight excluding hydrogens is 280 g/mol. The average Bonchev–Trinajstić information content (AvgIpc) is 2.63. The summed E-state index contributed by atoms with van der Waals surface area (Å²) in [6.45, 7) is 4.40. The molecule has 0 radical (unpaired) electrons. The number of carboxylic acid groups (broad SMARTS) is 1. The molecule has 1 aliphatic carbocycles. The highest BCUT2D eigenvalue weighted by Gasteiger charge is 2.22. The van der Waals surface area contributed by atoms with Gasteiger partial charge in [-0.05, 0) is 32.3 Å². The predicted molar refractivity (Wildman–Crippen MR) is 85.1 cm³/mol. The number of nitrogens with zero attached hydrogens (tertiary/aromatic N) is 1. The Balaban J connectivity index is 2.08. The zero-order chi connectivity index (χ0) is 16.1. The van der Waals surface area contributed by atoms with Gasteiger partial charge >= 0.3 is 5.97 Å². The lowest BCUT2D eigenvalue weighted by molar-refractivity contribution is -0.121. The summed E-state index contributed by atoms with van der Waals surface area (Å²) in [7, 11) is 0. The standard InChI is InChI=1S/C17H26N2O3/c1-3-19-11-12(2)16(17(21)22)14(19)10-15(20)18-13-8-6-4-5-7-9-13/h11,13H,3-10H2,1-2H3,(H,18,20)(H,21,22). The molecule has 0 aromatic carbocycles. The van der Waals surface area contributed by atoms with Crippen LogP contribution in [0.1, 0.15) is 67.1 Å². The summed E-state index contributed by atoms with van der Waals surface area (Å²) >= 11 is 0. The van der Waals surface area contributed by atoms with Crippen LogP contribution in [0.5, 0.6) is 0 Å². The number of nitrogens with one attached hydrogen (secondary N) is 1. The van der Waals surface area contributed by atoms with E-state index in [0.29, 0.717) is 17.8 Å². The molecule has 1 fully saturated rings. The van der Waals surface area contributed by atoms with Crippen LogP contribution in [0, 0.1) is 6.92 Å². The Kier molecular flexibility index (Phi) is 5.63. The molecule has 1 heterocycles. The average molecular weight is 306 g/mol. The molecule has 1 aromatic heterocycles. The summed E-state index contributed by atoms with van der Waals surface area (Å²) in [4.78, 5) is 23.8. The minimum Gasteiger partial charge on any atom is -0.478 e. The summed E-state index contributed by atoms with van der Waals surface area (Å²) in [5.41, 5.74) is 1.60.